The molecule has 0 N–H and O–H groups in total. The van der Waals surface area contributed by atoms with Gasteiger partial charge >= 0.3 is 0 Å². The third-order valence-corrected chi connectivity index (χ3v) is 5.20. The molecule has 1 fully saturated rings. The van der Waals surface area contributed by atoms with Gasteiger partial charge in [-0.05, 0) is 60.4 Å². The maximum absolute atomic E-state index is 12.5. The Hall–Kier alpha value is -3.08. The van der Waals surface area contributed by atoms with Gasteiger partial charge in [-0.15, -0.1) is 0 Å². The standard InChI is InChI=1S/C23H24N2O3/c1-16(23(26)25-11-3-4-12-25)28-20-8-7-17-5-6-18(13-19(17)14-20)21-15-24-10-9-22(21)27-2/h5-10,13-16H,3-4,11-12H2,1-2H3. The number of hydrogen-bond donors (Lipinski definition) is 0. The van der Waals surface area contributed by atoms with Crippen LogP contribution in [-0.2, 0) is 4.79 Å². The van der Waals surface area contributed by atoms with Crippen molar-refractivity contribution in [1.82, 2.24) is 9.88 Å². The number of benzene rings is 2. The highest BCUT2D eigenvalue weighted by molar-refractivity contribution is 5.89. The monoisotopic (exact) mass is 376 g/mol. The zero-order chi connectivity index (χ0) is 19.5. The number of fused-ring (bicyclic) bond motifs is 1. The number of ether oxygens (including phenoxy) is 2. The second kappa shape index (κ2) is 7.89. The second-order valence-corrected chi connectivity index (χ2v) is 7.09. The molecule has 1 amide bonds. The molecule has 1 aromatic heterocycles. The zero-order valence-electron chi connectivity index (χ0n) is 16.2. The number of aromatic nitrogens is 1. The average Bonchev–Trinajstić information content (AvgIpc) is 3.27. The van der Waals surface area contributed by atoms with Gasteiger partial charge in [0.15, 0.2) is 6.10 Å². The summed E-state index contributed by atoms with van der Waals surface area (Å²) >= 11 is 0. The smallest absolute Gasteiger partial charge is 0.263 e. The lowest BCUT2D eigenvalue weighted by molar-refractivity contribution is -0.136. The van der Waals surface area contributed by atoms with Crippen molar-refractivity contribution in [3.8, 4) is 22.6 Å². The lowest BCUT2D eigenvalue weighted by atomic mass is 10.0. The molecule has 3 aromatic rings. The molecule has 4 rings (SSSR count). The highest BCUT2D eigenvalue weighted by atomic mass is 16.5. The Balaban J connectivity index is 1.60. The molecule has 1 atom stereocenters. The summed E-state index contributed by atoms with van der Waals surface area (Å²) in [5.74, 6) is 1.54. The first-order valence-electron chi connectivity index (χ1n) is 9.63. The Labute approximate surface area is 164 Å². The number of likely N-dealkylation sites (tertiary alicyclic amines) is 1. The van der Waals surface area contributed by atoms with E-state index in [1.165, 1.54) is 0 Å². The van der Waals surface area contributed by atoms with Gasteiger partial charge in [-0.1, -0.05) is 18.2 Å². The molecule has 1 aliphatic heterocycles. The van der Waals surface area contributed by atoms with Gasteiger partial charge in [0.05, 0.1) is 7.11 Å². The summed E-state index contributed by atoms with van der Waals surface area (Å²) in [6.45, 7) is 3.49. The molecule has 0 saturated carbocycles. The highest BCUT2D eigenvalue weighted by Gasteiger charge is 2.24. The fourth-order valence-corrected chi connectivity index (χ4v) is 3.69. The Morgan fingerprint density at radius 2 is 1.86 bits per heavy atom. The van der Waals surface area contributed by atoms with Gasteiger partial charge < -0.3 is 14.4 Å². The van der Waals surface area contributed by atoms with Crippen LogP contribution in [0.3, 0.4) is 0 Å². The van der Waals surface area contributed by atoms with Crippen molar-refractivity contribution in [1.29, 1.82) is 0 Å². The summed E-state index contributed by atoms with van der Waals surface area (Å²) in [5, 5.41) is 2.15. The van der Waals surface area contributed by atoms with Crippen molar-refractivity contribution in [2.45, 2.75) is 25.9 Å². The van der Waals surface area contributed by atoms with E-state index in [0.29, 0.717) is 5.75 Å². The Bertz CT molecular complexity index is 996. The molecule has 2 aromatic carbocycles. The van der Waals surface area contributed by atoms with Crippen molar-refractivity contribution in [3.05, 3.63) is 54.9 Å². The number of pyridine rings is 1. The van der Waals surface area contributed by atoms with E-state index in [1.54, 1.807) is 19.5 Å². The van der Waals surface area contributed by atoms with E-state index >= 15 is 0 Å². The number of amides is 1. The van der Waals surface area contributed by atoms with Gasteiger partial charge in [-0.2, -0.15) is 0 Å². The summed E-state index contributed by atoms with van der Waals surface area (Å²) in [6.07, 6.45) is 5.19. The van der Waals surface area contributed by atoms with E-state index < -0.39 is 6.10 Å². The van der Waals surface area contributed by atoms with Crippen molar-refractivity contribution in [2.75, 3.05) is 20.2 Å². The minimum absolute atomic E-state index is 0.0615. The van der Waals surface area contributed by atoms with E-state index in [-0.39, 0.29) is 5.91 Å². The van der Waals surface area contributed by atoms with Crippen molar-refractivity contribution >= 4 is 16.7 Å². The topological polar surface area (TPSA) is 51.7 Å². The molecule has 1 aliphatic rings. The van der Waals surface area contributed by atoms with Crippen LogP contribution in [0, 0.1) is 0 Å². The first-order chi connectivity index (χ1) is 13.7. The third kappa shape index (κ3) is 3.65. The Morgan fingerprint density at radius 1 is 1.07 bits per heavy atom. The predicted molar refractivity (Wildman–Crippen MR) is 110 cm³/mol. The van der Waals surface area contributed by atoms with Crippen LogP contribution in [0.2, 0.25) is 0 Å². The van der Waals surface area contributed by atoms with Crippen LogP contribution in [0.5, 0.6) is 11.5 Å². The molecule has 0 spiro atoms. The van der Waals surface area contributed by atoms with Crippen molar-refractivity contribution < 1.29 is 14.3 Å². The van der Waals surface area contributed by atoms with Crippen LogP contribution in [-0.4, -0.2) is 42.1 Å². The zero-order valence-corrected chi connectivity index (χ0v) is 16.2. The Morgan fingerprint density at radius 3 is 2.64 bits per heavy atom. The summed E-state index contributed by atoms with van der Waals surface area (Å²) in [6, 6.07) is 14.0. The first-order valence-corrected chi connectivity index (χ1v) is 9.63. The molecule has 144 valence electrons. The van der Waals surface area contributed by atoms with Gasteiger partial charge in [0.2, 0.25) is 0 Å². The molecule has 5 heteroatoms. The maximum atomic E-state index is 12.5. The van der Waals surface area contributed by atoms with Crippen LogP contribution < -0.4 is 9.47 Å². The van der Waals surface area contributed by atoms with Crippen LogP contribution in [0.25, 0.3) is 21.9 Å². The van der Waals surface area contributed by atoms with E-state index in [0.717, 1.165) is 53.6 Å². The van der Waals surface area contributed by atoms with Gasteiger partial charge in [-0.25, -0.2) is 0 Å². The van der Waals surface area contributed by atoms with Gasteiger partial charge in [-0.3, -0.25) is 9.78 Å². The first kappa shape index (κ1) is 18.3. The number of nitrogens with zero attached hydrogens (tertiary/aromatic N) is 2. The lowest BCUT2D eigenvalue weighted by Crippen LogP contribution is -2.38. The number of rotatable bonds is 5. The van der Waals surface area contributed by atoms with Crippen molar-refractivity contribution in [2.24, 2.45) is 0 Å². The summed E-state index contributed by atoms with van der Waals surface area (Å²) in [7, 11) is 1.66. The summed E-state index contributed by atoms with van der Waals surface area (Å²) in [5.41, 5.74) is 1.96. The summed E-state index contributed by atoms with van der Waals surface area (Å²) in [4.78, 5) is 18.6. The Kier molecular flexibility index (Phi) is 5.15. The van der Waals surface area contributed by atoms with Crippen LogP contribution >= 0.6 is 0 Å². The molecule has 2 heterocycles. The number of carbonyl (C=O) groups is 1. The number of methoxy groups -OCH3 is 1. The molecule has 28 heavy (non-hydrogen) atoms. The van der Waals surface area contributed by atoms with Gasteiger partial charge in [0, 0.05) is 31.0 Å². The fraction of sp³-hybridized carbons (Fsp3) is 0.304. The predicted octanol–water partition coefficient (Wildman–Crippen LogP) is 4.30. The largest absolute Gasteiger partial charge is 0.496 e. The van der Waals surface area contributed by atoms with E-state index in [4.69, 9.17) is 9.47 Å². The third-order valence-electron chi connectivity index (χ3n) is 5.20. The second-order valence-electron chi connectivity index (χ2n) is 7.09. The normalized spacial score (nSPS) is 14.9. The van der Waals surface area contributed by atoms with Crippen LogP contribution in [0.1, 0.15) is 19.8 Å². The number of carbonyl (C=O) groups excluding carboxylic acids is 1. The molecule has 1 unspecified atom stereocenters. The van der Waals surface area contributed by atoms with E-state index in [9.17, 15) is 4.79 Å². The molecular weight excluding hydrogens is 352 g/mol. The van der Waals surface area contributed by atoms with Crippen LogP contribution in [0.4, 0.5) is 0 Å². The molecule has 0 bridgehead atoms. The highest BCUT2D eigenvalue weighted by Crippen LogP contribution is 2.32. The molecule has 1 saturated heterocycles. The molecular formula is C23H24N2O3. The minimum atomic E-state index is -0.489. The lowest BCUT2D eigenvalue weighted by Gasteiger charge is -2.21. The fourth-order valence-electron chi connectivity index (χ4n) is 3.69. The molecule has 5 nitrogen and oxygen atoms in total. The van der Waals surface area contributed by atoms with Crippen molar-refractivity contribution in [3.63, 3.8) is 0 Å². The van der Waals surface area contributed by atoms with Gasteiger partial charge in [0.1, 0.15) is 11.5 Å². The number of hydrogen-bond acceptors (Lipinski definition) is 4. The minimum Gasteiger partial charge on any atom is -0.496 e. The SMILES string of the molecule is COc1ccncc1-c1ccc2ccc(OC(C)C(=O)N3CCCC3)cc2c1. The quantitative estimate of drug-likeness (QED) is 0.666. The van der Waals surface area contributed by atoms with E-state index in [1.807, 2.05) is 36.1 Å². The average molecular weight is 376 g/mol. The van der Waals surface area contributed by atoms with Gasteiger partial charge in [0.25, 0.3) is 5.91 Å². The van der Waals surface area contributed by atoms with Crippen LogP contribution in [0.15, 0.2) is 54.9 Å². The van der Waals surface area contributed by atoms with E-state index in [2.05, 4.69) is 23.2 Å². The molecule has 0 aliphatic carbocycles. The summed E-state index contributed by atoms with van der Waals surface area (Å²) < 4.78 is 11.4. The molecule has 0 radical (unpaired) electrons. The maximum Gasteiger partial charge on any atom is 0.263 e.